The number of hydrogen-bond donors (Lipinski definition) is 2. The predicted octanol–water partition coefficient (Wildman–Crippen LogP) is 5.41. The molecule has 0 saturated carbocycles. The summed E-state index contributed by atoms with van der Waals surface area (Å²) in [5.74, 6) is -0.109. The normalized spacial score (nSPS) is 11.2. The van der Waals surface area contributed by atoms with Crippen molar-refractivity contribution in [1.29, 1.82) is 0 Å². The van der Waals surface area contributed by atoms with Gasteiger partial charge < -0.3 is 14.5 Å². The number of ether oxygens (including phenoxy) is 1. The fraction of sp³-hybridized carbons (Fsp3) is 0.320. The molecule has 0 bridgehead atoms. The van der Waals surface area contributed by atoms with Crippen molar-refractivity contribution in [3.8, 4) is 0 Å². The maximum atomic E-state index is 12.3. The molecule has 168 valence electrons. The Kier molecular flexibility index (Phi) is 6.98. The van der Waals surface area contributed by atoms with Crippen LogP contribution >= 0.6 is 0 Å². The average Bonchev–Trinajstić information content (AvgIpc) is 2.67. The second-order valence-corrected chi connectivity index (χ2v) is 8.68. The zero-order chi connectivity index (χ0) is 23.3. The van der Waals surface area contributed by atoms with Gasteiger partial charge in [-0.3, -0.25) is 10.1 Å². The van der Waals surface area contributed by atoms with Gasteiger partial charge >= 0.3 is 11.7 Å². The Morgan fingerprint density at radius 2 is 1.66 bits per heavy atom. The van der Waals surface area contributed by atoms with Gasteiger partial charge in [0.1, 0.15) is 11.2 Å². The summed E-state index contributed by atoms with van der Waals surface area (Å²) in [5, 5.41) is 6.38. The quantitative estimate of drug-likeness (QED) is 0.504. The van der Waals surface area contributed by atoms with E-state index in [2.05, 4.69) is 10.6 Å². The molecule has 0 unspecified atom stereocenters. The van der Waals surface area contributed by atoms with Gasteiger partial charge in [-0.15, -0.1) is 0 Å². The number of rotatable bonds is 6. The summed E-state index contributed by atoms with van der Waals surface area (Å²) < 4.78 is 10.5. The summed E-state index contributed by atoms with van der Waals surface area (Å²) in [6.07, 6.45) is 1.26. The van der Waals surface area contributed by atoms with Gasteiger partial charge in [-0.1, -0.05) is 12.1 Å². The van der Waals surface area contributed by atoms with E-state index in [-0.39, 0.29) is 5.91 Å². The van der Waals surface area contributed by atoms with Crippen LogP contribution in [-0.4, -0.2) is 17.6 Å². The van der Waals surface area contributed by atoms with Gasteiger partial charge in [0.05, 0.1) is 0 Å². The van der Waals surface area contributed by atoms with Crippen molar-refractivity contribution >= 4 is 34.3 Å². The van der Waals surface area contributed by atoms with Gasteiger partial charge in [0.2, 0.25) is 5.91 Å². The Morgan fingerprint density at radius 3 is 2.34 bits per heavy atom. The van der Waals surface area contributed by atoms with Crippen LogP contribution in [0.2, 0.25) is 0 Å². The monoisotopic (exact) mass is 436 g/mol. The minimum absolute atomic E-state index is 0.109. The molecular weight excluding hydrogens is 408 g/mol. The molecule has 2 N–H and O–H groups in total. The van der Waals surface area contributed by atoms with E-state index in [9.17, 15) is 14.4 Å². The molecule has 0 atom stereocenters. The van der Waals surface area contributed by atoms with Crippen LogP contribution in [0.1, 0.15) is 44.7 Å². The number of carbonyl (C=O) groups excluding carboxylic acids is 2. The van der Waals surface area contributed by atoms with Gasteiger partial charge in [0.15, 0.2) is 0 Å². The topological polar surface area (TPSA) is 97.6 Å². The standard InChI is InChI=1S/C25H28N2O5/c1-16-14-23(29)31-21-15-19(12-13-20(16)21)26-22(28)7-5-6-17-8-10-18(11-9-17)27-24(30)32-25(2,3)4/h8-15H,5-7H2,1-4H3,(H,26,28)(H,27,30). The van der Waals surface area contributed by atoms with Crippen molar-refractivity contribution in [3.63, 3.8) is 0 Å². The predicted molar refractivity (Wildman–Crippen MR) is 125 cm³/mol. The van der Waals surface area contributed by atoms with Crippen LogP contribution in [0.25, 0.3) is 11.0 Å². The summed E-state index contributed by atoms with van der Waals surface area (Å²) in [4.78, 5) is 35.7. The zero-order valence-corrected chi connectivity index (χ0v) is 18.8. The number of amides is 2. The number of benzene rings is 2. The molecular formula is C25H28N2O5. The lowest BCUT2D eigenvalue weighted by atomic mass is 10.1. The van der Waals surface area contributed by atoms with Gasteiger partial charge in [-0.2, -0.15) is 0 Å². The lowest BCUT2D eigenvalue weighted by Crippen LogP contribution is -2.27. The Hall–Kier alpha value is -3.61. The Bertz CT molecular complexity index is 1170. The fourth-order valence-corrected chi connectivity index (χ4v) is 3.26. The van der Waals surface area contributed by atoms with Crippen LogP contribution in [-0.2, 0) is 16.0 Å². The van der Waals surface area contributed by atoms with Gasteiger partial charge in [-0.05, 0) is 75.9 Å². The summed E-state index contributed by atoms with van der Waals surface area (Å²) in [6, 6.07) is 14.2. The number of fused-ring (bicyclic) bond motifs is 1. The van der Waals surface area contributed by atoms with Crippen molar-refractivity contribution in [3.05, 3.63) is 70.1 Å². The molecule has 1 aromatic heterocycles. The number of carbonyl (C=O) groups is 2. The summed E-state index contributed by atoms with van der Waals surface area (Å²) in [7, 11) is 0. The molecule has 2 aromatic carbocycles. The molecule has 0 radical (unpaired) electrons. The molecule has 0 spiro atoms. The lowest BCUT2D eigenvalue weighted by Gasteiger charge is -2.19. The minimum atomic E-state index is -0.551. The highest BCUT2D eigenvalue weighted by molar-refractivity contribution is 5.93. The number of aryl methyl sites for hydroxylation is 2. The van der Waals surface area contributed by atoms with E-state index >= 15 is 0 Å². The van der Waals surface area contributed by atoms with Crippen LogP contribution in [0, 0.1) is 6.92 Å². The van der Waals surface area contributed by atoms with Crippen molar-refractivity contribution in [2.45, 2.75) is 52.6 Å². The SMILES string of the molecule is Cc1cc(=O)oc2cc(NC(=O)CCCc3ccc(NC(=O)OC(C)(C)C)cc3)ccc12. The smallest absolute Gasteiger partial charge is 0.412 e. The Balaban J connectivity index is 1.48. The Labute approximate surface area is 186 Å². The van der Waals surface area contributed by atoms with Gasteiger partial charge in [0, 0.05) is 35.3 Å². The van der Waals surface area contributed by atoms with E-state index in [1.807, 2.05) is 58.0 Å². The molecule has 0 aliphatic carbocycles. The van der Waals surface area contributed by atoms with Crippen LogP contribution < -0.4 is 16.3 Å². The van der Waals surface area contributed by atoms with Crippen molar-refractivity contribution in [2.24, 2.45) is 0 Å². The van der Waals surface area contributed by atoms with E-state index in [0.717, 1.165) is 22.9 Å². The van der Waals surface area contributed by atoms with Crippen LogP contribution in [0.3, 0.4) is 0 Å². The third-order valence-electron chi connectivity index (χ3n) is 4.70. The third-order valence-corrected chi connectivity index (χ3v) is 4.70. The highest BCUT2D eigenvalue weighted by Crippen LogP contribution is 2.21. The first-order valence-corrected chi connectivity index (χ1v) is 10.5. The zero-order valence-electron chi connectivity index (χ0n) is 18.8. The van der Waals surface area contributed by atoms with Crippen LogP contribution in [0.4, 0.5) is 16.2 Å². The van der Waals surface area contributed by atoms with E-state index in [4.69, 9.17) is 9.15 Å². The first-order valence-electron chi connectivity index (χ1n) is 10.5. The molecule has 7 nitrogen and oxygen atoms in total. The van der Waals surface area contributed by atoms with Crippen LogP contribution in [0.5, 0.6) is 0 Å². The second-order valence-electron chi connectivity index (χ2n) is 8.68. The molecule has 0 fully saturated rings. The molecule has 1 heterocycles. The van der Waals surface area contributed by atoms with Crippen molar-refractivity contribution < 1.29 is 18.7 Å². The number of nitrogens with one attached hydrogen (secondary N) is 2. The van der Waals surface area contributed by atoms with E-state index < -0.39 is 17.3 Å². The van der Waals surface area contributed by atoms with Gasteiger partial charge in [0.25, 0.3) is 0 Å². The molecule has 32 heavy (non-hydrogen) atoms. The molecule has 3 aromatic rings. The van der Waals surface area contributed by atoms with E-state index in [1.165, 1.54) is 6.07 Å². The first kappa shape index (κ1) is 23.1. The number of hydrogen-bond acceptors (Lipinski definition) is 5. The maximum absolute atomic E-state index is 12.3. The third kappa shape index (κ3) is 6.70. The van der Waals surface area contributed by atoms with E-state index in [0.29, 0.717) is 29.8 Å². The van der Waals surface area contributed by atoms with E-state index in [1.54, 1.807) is 12.1 Å². The highest BCUT2D eigenvalue weighted by Gasteiger charge is 2.16. The number of anilines is 2. The highest BCUT2D eigenvalue weighted by atomic mass is 16.6. The molecule has 2 amide bonds. The summed E-state index contributed by atoms with van der Waals surface area (Å²) in [6.45, 7) is 7.27. The molecule has 0 aliphatic rings. The first-order chi connectivity index (χ1) is 15.1. The summed E-state index contributed by atoms with van der Waals surface area (Å²) >= 11 is 0. The average molecular weight is 437 g/mol. The maximum Gasteiger partial charge on any atom is 0.412 e. The minimum Gasteiger partial charge on any atom is -0.444 e. The Morgan fingerprint density at radius 1 is 0.969 bits per heavy atom. The lowest BCUT2D eigenvalue weighted by molar-refractivity contribution is -0.116. The fourth-order valence-electron chi connectivity index (χ4n) is 3.26. The molecule has 3 rings (SSSR count). The van der Waals surface area contributed by atoms with Crippen LogP contribution in [0.15, 0.2) is 57.7 Å². The van der Waals surface area contributed by atoms with Crippen molar-refractivity contribution in [2.75, 3.05) is 10.6 Å². The molecule has 0 aliphatic heterocycles. The largest absolute Gasteiger partial charge is 0.444 e. The molecule has 0 saturated heterocycles. The summed E-state index contributed by atoms with van der Waals surface area (Å²) in [5.41, 5.74) is 2.63. The molecule has 7 heteroatoms. The second kappa shape index (κ2) is 9.68. The van der Waals surface area contributed by atoms with Crippen molar-refractivity contribution in [1.82, 2.24) is 0 Å². The van der Waals surface area contributed by atoms with Gasteiger partial charge in [-0.25, -0.2) is 9.59 Å².